The van der Waals surface area contributed by atoms with E-state index >= 15 is 0 Å². The van der Waals surface area contributed by atoms with Gasteiger partial charge in [-0.2, -0.15) is 0 Å². The van der Waals surface area contributed by atoms with Crippen molar-refractivity contribution in [3.8, 4) is 5.69 Å². The van der Waals surface area contributed by atoms with Gasteiger partial charge in [-0.05, 0) is 96.8 Å². The summed E-state index contributed by atoms with van der Waals surface area (Å²) in [5.74, 6) is 0. The molecule has 0 saturated heterocycles. The Morgan fingerprint density at radius 2 is 1.15 bits per heavy atom. The van der Waals surface area contributed by atoms with Gasteiger partial charge >= 0.3 is 0 Å². The molecule has 0 atom stereocenters. The molecule has 0 unspecified atom stereocenters. The van der Waals surface area contributed by atoms with Crippen molar-refractivity contribution in [1.29, 1.82) is 0 Å². The molecule has 4 aromatic heterocycles. The van der Waals surface area contributed by atoms with Crippen LogP contribution in [0.1, 0.15) is 64.0 Å². The van der Waals surface area contributed by atoms with E-state index in [2.05, 4.69) is 203 Å². The highest BCUT2D eigenvalue weighted by molar-refractivity contribution is 7.25. The number of H-pyrrole nitrogens is 1. The van der Waals surface area contributed by atoms with Crippen LogP contribution in [-0.4, -0.2) is 9.55 Å². The van der Waals surface area contributed by atoms with Crippen molar-refractivity contribution in [3.05, 3.63) is 199 Å². The maximum absolute atomic E-state index is 4.54. The van der Waals surface area contributed by atoms with Crippen LogP contribution in [0.15, 0.2) is 183 Å². The van der Waals surface area contributed by atoms with Gasteiger partial charge in [0.05, 0.1) is 16.7 Å². The van der Waals surface area contributed by atoms with Crippen molar-refractivity contribution in [1.82, 2.24) is 9.55 Å². The third-order valence-corrected chi connectivity index (χ3v) is 14.4. The molecular formula is C60H55N3S2. The van der Waals surface area contributed by atoms with Crippen molar-refractivity contribution in [2.24, 2.45) is 0 Å². The summed E-state index contributed by atoms with van der Waals surface area (Å²) in [6.45, 7) is 16.5. The first-order chi connectivity index (χ1) is 32.2. The van der Waals surface area contributed by atoms with Gasteiger partial charge < -0.3 is 14.5 Å². The predicted molar refractivity (Wildman–Crippen MR) is 292 cm³/mol. The molecule has 0 radical (unpaired) electrons. The Kier molecular flexibility index (Phi) is 12.7. The maximum atomic E-state index is 4.54. The molecule has 3 nitrogen and oxygen atoms in total. The van der Waals surface area contributed by atoms with E-state index in [1.54, 1.807) is 0 Å². The average Bonchev–Trinajstić information content (AvgIpc) is 4.14. The number of aromatic nitrogens is 2. The molecule has 2 aliphatic rings. The van der Waals surface area contributed by atoms with Crippen LogP contribution in [0.3, 0.4) is 0 Å². The van der Waals surface area contributed by atoms with Gasteiger partial charge in [-0.3, -0.25) is 0 Å². The number of rotatable bonds is 2. The number of nitrogens with zero attached hydrogens (tertiary/aromatic N) is 2. The number of fused-ring (bicyclic) bond motifs is 14. The monoisotopic (exact) mass is 881 g/mol. The molecule has 1 aliphatic carbocycles. The van der Waals surface area contributed by atoms with E-state index in [4.69, 9.17) is 0 Å². The molecule has 322 valence electrons. The van der Waals surface area contributed by atoms with Gasteiger partial charge in [0.1, 0.15) is 0 Å². The van der Waals surface area contributed by atoms with Crippen LogP contribution in [0.2, 0.25) is 0 Å². The highest BCUT2D eigenvalue weighted by atomic mass is 32.1. The molecular weight excluding hydrogens is 827 g/mol. The maximum Gasteiger partial charge on any atom is 0.0548 e. The lowest BCUT2D eigenvalue weighted by Crippen LogP contribution is -2.11. The highest BCUT2D eigenvalue weighted by Crippen LogP contribution is 2.46. The Bertz CT molecular complexity index is 3550. The highest BCUT2D eigenvalue weighted by Gasteiger charge is 2.23. The van der Waals surface area contributed by atoms with E-state index < -0.39 is 0 Å². The summed E-state index contributed by atoms with van der Waals surface area (Å²) < 4.78 is 6.41. The molecule has 11 aromatic rings. The Labute approximate surface area is 390 Å². The fraction of sp³-hybridized carbons (Fsp3) is 0.133. The summed E-state index contributed by atoms with van der Waals surface area (Å²) in [4.78, 5) is 7.20. The summed E-state index contributed by atoms with van der Waals surface area (Å²) in [7, 11) is 0. The Balaban J connectivity index is 0.000000236. The molecule has 0 saturated carbocycles. The van der Waals surface area contributed by atoms with Gasteiger partial charge in [0.15, 0.2) is 0 Å². The van der Waals surface area contributed by atoms with Crippen LogP contribution >= 0.6 is 22.7 Å². The van der Waals surface area contributed by atoms with Gasteiger partial charge in [-0.25, -0.2) is 0 Å². The number of benzene rings is 7. The minimum atomic E-state index is 1.05. The van der Waals surface area contributed by atoms with Crippen molar-refractivity contribution >= 4 is 120 Å². The number of hydrogen-bond donors (Lipinski definition) is 1. The molecule has 0 fully saturated rings. The number of nitrogens with one attached hydrogen (secondary N) is 1. The van der Waals surface area contributed by atoms with Crippen LogP contribution in [0.4, 0.5) is 11.4 Å². The SMILES string of the molecule is C=C1/C=C\C=C/N(c2ccc3c(c2)c2ccccc2n3-c2ccc3sc4ccccc4c3c2)c2ccc3c4c(sc3c21)CCC=C4.CC.CC.CC.c1ccc2c(c1)[nH]c1ccccc12. The Morgan fingerprint density at radius 3 is 1.92 bits per heavy atom. The second-order valence-corrected chi connectivity index (χ2v) is 17.6. The number of anilines is 2. The van der Waals surface area contributed by atoms with Crippen molar-refractivity contribution < 1.29 is 0 Å². The van der Waals surface area contributed by atoms with Crippen LogP contribution in [0, 0.1) is 0 Å². The quantitative estimate of drug-likeness (QED) is 0.184. The first kappa shape index (κ1) is 43.3. The average molecular weight is 882 g/mol. The normalized spacial score (nSPS) is 13.8. The van der Waals surface area contributed by atoms with E-state index in [0.29, 0.717) is 0 Å². The van der Waals surface area contributed by atoms with E-state index in [9.17, 15) is 0 Å². The van der Waals surface area contributed by atoms with Gasteiger partial charge in [0.25, 0.3) is 0 Å². The molecule has 7 aromatic carbocycles. The van der Waals surface area contributed by atoms with E-state index in [1.165, 1.54) is 101 Å². The molecule has 65 heavy (non-hydrogen) atoms. The molecule has 1 N–H and O–H groups in total. The van der Waals surface area contributed by atoms with Gasteiger partial charge in [-0.15, -0.1) is 22.7 Å². The predicted octanol–water partition coefficient (Wildman–Crippen LogP) is 19.0. The lowest BCUT2D eigenvalue weighted by Gasteiger charge is -2.26. The number of aryl methyl sites for hydroxylation is 1. The molecule has 0 amide bonds. The Hall–Kier alpha value is -6.92. The van der Waals surface area contributed by atoms with Gasteiger partial charge in [0.2, 0.25) is 0 Å². The zero-order valence-corrected chi connectivity index (χ0v) is 39.8. The van der Waals surface area contributed by atoms with E-state index in [1.807, 2.05) is 64.2 Å². The molecule has 5 heterocycles. The topological polar surface area (TPSA) is 24.0 Å². The third kappa shape index (κ3) is 7.69. The van der Waals surface area contributed by atoms with Gasteiger partial charge in [0, 0.05) is 90.9 Å². The lowest BCUT2D eigenvalue weighted by atomic mass is 9.96. The number of hydrogen-bond acceptors (Lipinski definition) is 3. The number of para-hydroxylation sites is 3. The summed E-state index contributed by atoms with van der Waals surface area (Å²) in [5.41, 5.74) is 12.0. The first-order valence-corrected chi connectivity index (χ1v) is 24.8. The molecule has 5 heteroatoms. The second-order valence-electron chi connectivity index (χ2n) is 15.4. The lowest BCUT2D eigenvalue weighted by molar-refractivity contribution is 1.02. The second kappa shape index (κ2) is 19.0. The van der Waals surface area contributed by atoms with Gasteiger partial charge in [-0.1, -0.05) is 151 Å². The zero-order valence-electron chi connectivity index (χ0n) is 38.2. The first-order valence-electron chi connectivity index (χ1n) is 23.2. The van der Waals surface area contributed by atoms with Crippen molar-refractivity contribution in [2.75, 3.05) is 4.90 Å². The summed E-state index contributed by atoms with van der Waals surface area (Å²) in [5, 5.41) is 9.07. The summed E-state index contributed by atoms with van der Waals surface area (Å²) in [6, 6.07) is 52.7. The molecule has 0 spiro atoms. The molecule has 13 rings (SSSR count). The molecule has 1 aliphatic heterocycles. The van der Waals surface area contributed by atoms with Crippen LogP contribution in [-0.2, 0) is 6.42 Å². The molecule has 0 bridgehead atoms. The standard InChI is InChI=1S/C42H28N2S2.C12H9N.3C2H6/c1-26-10-8-9-23-43(37-21-19-32-30-12-3-7-16-39(30)46-42(32)41(26)37)27-17-20-36-33(24-27)29-11-2-5-14-35(29)44(36)28-18-22-40-34(25-28)31-13-4-6-15-38(31)45-40;1-3-7-11-9(5-1)10-6-2-4-8-12(10)13-11;3*1-2/h2-6,8-15,17-25H,1,7,16H2;1-8,13H;3*1-2H3/b10-8-,23-9-;;;;. The number of thiophene rings is 2. The third-order valence-electron chi connectivity index (χ3n) is 12.0. The largest absolute Gasteiger partial charge is 0.355 e. The van der Waals surface area contributed by atoms with Crippen LogP contribution in [0.25, 0.3) is 91.2 Å². The fourth-order valence-corrected chi connectivity index (χ4v) is 11.7. The minimum absolute atomic E-state index is 1.05. The van der Waals surface area contributed by atoms with E-state index in [0.717, 1.165) is 24.1 Å². The van der Waals surface area contributed by atoms with Crippen LogP contribution < -0.4 is 4.90 Å². The number of allylic oxidation sites excluding steroid dienone is 5. The fourth-order valence-electron chi connectivity index (χ4n) is 9.25. The zero-order chi connectivity index (χ0) is 45.0. The smallest absolute Gasteiger partial charge is 0.0548 e. The summed E-state index contributed by atoms with van der Waals surface area (Å²) >= 11 is 3.80. The van der Waals surface area contributed by atoms with E-state index in [-0.39, 0.29) is 0 Å². The summed E-state index contributed by atoms with van der Waals surface area (Å²) in [6.07, 6.45) is 15.4. The van der Waals surface area contributed by atoms with Crippen molar-refractivity contribution in [2.45, 2.75) is 54.4 Å². The number of aromatic amines is 1. The minimum Gasteiger partial charge on any atom is -0.355 e. The van der Waals surface area contributed by atoms with Crippen molar-refractivity contribution in [3.63, 3.8) is 0 Å². The van der Waals surface area contributed by atoms with Crippen LogP contribution in [0.5, 0.6) is 0 Å². The Morgan fingerprint density at radius 1 is 0.523 bits per heavy atom.